The topological polar surface area (TPSA) is 75.3 Å². The molecule has 21 heavy (non-hydrogen) atoms. The Bertz CT molecular complexity index is 597. The Kier molecular flexibility index (Phi) is 6.58. The van der Waals surface area contributed by atoms with Crippen LogP contribution in [0.1, 0.15) is 37.0 Å². The van der Waals surface area contributed by atoms with Crippen LogP contribution in [0.2, 0.25) is 0 Å². The van der Waals surface area contributed by atoms with Crippen molar-refractivity contribution in [2.45, 2.75) is 37.6 Å². The van der Waals surface area contributed by atoms with Gasteiger partial charge in [-0.15, -0.1) is 6.58 Å². The van der Waals surface area contributed by atoms with Crippen molar-refractivity contribution in [1.29, 1.82) is 0 Å². The smallest absolute Gasteiger partial charge is 0.251 e. The highest BCUT2D eigenvalue weighted by atomic mass is 32.2. The first-order valence-corrected chi connectivity index (χ1v) is 8.40. The molecule has 0 saturated heterocycles. The van der Waals surface area contributed by atoms with Crippen LogP contribution in [0.15, 0.2) is 41.8 Å². The standard InChI is InChI=1S/C15H22N2O3S/c1-4-7-12(3)17-15(18)13-8-6-9-14(11-13)21(19,20)16-10-5-2/h5-6,8-9,11-12,16H,2,4,7,10H2,1,3H3,(H,17,18)/t12-/m0/s1. The quantitative estimate of drug-likeness (QED) is 0.722. The highest BCUT2D eigenvalue weighted by Gasteiger charge is 2.16. The summed E-state index contributed by atoms with van der Waals surface area (Å²) in [6, 6.07) is 6.04. The lowest BCUT2D eigenvalue weighted by Crippen LogP contribution is -2.32. The molecule has 1 amide bonds. The lowest BCUT2D eigenvalue weighted by atomic mass is 10.1. The van der Waals surface area contributed by atoms with Gasteiger partial charge in [-0.2, -0.15) is 0 Å². The van der Waals surface area contributed by atoms with Crippen LogP contribution in [-0.4, -0.2) is 26.9 Å². The van der Waals surface area contributed by atoms with E-state index in [1.165, 1.54) is 18.2 Å². The zero-order chi connectivity index (χ0) is 15.9. The number of carbonyl (C=O) groups excluding carboxylic acids is 1. The van der Waals surface area contributed by atoms with E-state index in [4.69, 9.17) is 0 Å². The first kappa shape index (κ1) is 17.4. The van der Waals surface area contributed by atoms with Crippen molar-refractivity contribution in [3.8, 4) is 0 Å². The third-order valence-electron chi connectivity index (χ3n) is 2.92. The molecule has 0 spiro atoms. The van der Waals surface area contributed by atoms with E-state index >= 15 is 0 Å². The SMILES string of the molecule is C=CCNS(=O)(=O)c1cccc(C(=O)N[C@@H](C)CCC)c1. The summed E-state index contributed by atoms with van der Waals surface area (Å²) < 4.78 is 26.4. The van der Waals surface area contributed by atoms with Crippen molar-refractivity contribution in [1.82, 2.24) is 10.0 Å². The maximum Gasteiger partial charge on any atom is 0.251 e. The molecule has 0 bridgehead atoms. The largest absolute Gasteiger partial charge is 0.350 e. The molecule has 0 heterocycles. The van der Waals surface area contributed by atoms with Crippen LogP contribution in [0.3, 0.4) is 0 Å². The molecule has 0 aliphatic rings. The Morgan fingerprint density at radius 2 is 2.14 bits per heavy atom. The number of benzene rings is 1. The molecule has 0 aliphatic carbocycles. The highest BCUT2D eigenvalue weighted by Crippen LogP contribution is 2.12. The van der Waals surface area contributed by atoms with E-state index in [2.05, 4.69) is 16.6 Å². The minimum absolute atomic E-state index is 0.0571. The maximum atomic E-state index is 12.1. The number of nitrogens with one attached hydrogen (secondary N) is 2. The number of sulfonamides is 1. The average molecular weight is 310 g/mol. The Labute approximate surface area is 126 Å². The summed E-state index contributed by atoms with van der Waals surface area (Å²) >= 11 is 0. The Morgan fingerprint density at radius 3 is 2.76 bits per heavy atom. The summed E-state index contributed by atoms with van der Waals surface area (Å²) in [5.41, 5.74) is 0.333. The number of hydrogen-bond donors (Lipinski definition) is 2. The molecule has 0 aromatic heterocycles. The second-order valence-electron chi connectivity index (χ2n) is 4.83. The van der Waals surface area contributed by atoms with E-state index < -0.39 is 10.0 Å². The van der Waals surface area contributed by atoms with Gasteiger partial charge in [0.1, 0.15) is 0 Å². The summed E-state index contributed by atoms with van der Waals surface area (Å²) in [6.07, 6.45) is 3.31. The summed E-state index contributed by atoms with van der Waals surface area (Å²) in [5, 5.41) is 2.85. The first-order valence-electron chi connectivity index (χ1n) is 6.92. The van der Waals surface area contributed by atoms with Crippen molar-refractivity contribution in [2.75, 3.05) is 6.54 Å². The summed E-state index contributed by atoms with van der Waals surface area (Å²) in [4.78, 5) is 12.2. The molecule has 0 fully saturated rings. The van der Waals surface area contributed by atoms with Crippen molar-refractivity contribution in [3.63, 3.8) is 0 Å². The summed E-state index contributed by atoms with van der Waals surface area (Å²) in [7, 11) is -3.62. The van der Waals surface area contributed by atoms with E-state index in [9.17, 15) is 13.2 Å². The predicted octanol–water partition coefficient (Wildman–Crippen LogP) is 2.07. The van der Waals surface area contributed by atoms with Gasteiger partial charge in [0.15, 0.2) is 0 Å². The lowest BCUT2D eigenvalue weighted by molar-refractivity contribution is 0.0938. The third-order valence-corrected chi connectivity index (χ3v) is 4.34. The van der Waals surface area contributed by atoms with E-state index in [0.29, 0.717) is 5.56 Å². The van der Waals surface area contributed by atoms with Gasteiger partial charge in [-0.3, -0.25) is 4.79 Å². The minimum Gasteiger partial charge on any atom is -0.350 e. The third kappa shape index (κ3) is 5.32. The number of hydrogen-bond acceptors (Lipinski definition) is 3. The number of amides is 1. The molecule has 0 unspecified atom stereocenters. The van der Waals surface area contributed by atoms with Gasteiger partial charge in [0.05, 0.1) is 4.90 Å². The second-order valence-corrected chi connectivity index (χ2v) is 6.60. The molecule has 1 aromatic rings. The summed E-state index contributed by atoms with van der Waals surface area (Å²) in [6.45, 7) is 7.57. The Morgan fingerprint density at radius 1 is 1.43 bits per heavy atom. The average Bonchev–Trinajstić information content (AvgIpc) is 2.45. The predicted molar refractivity (Wildman–Crippen MR) is 83.7 cm³/mol. The molecule has 6 heteroatoms. The molecule has 0 aliphatic heterocycles. The lowest BCUT2D eigenvalue weighted by Gasteiger charge is -2.13. The number of carbonyl (C=O) groups is 1. The van der Waals surface area contributed by atoms with Crippen LogP contribution in [0, 0.1) is 0 Å². The van der Waals surface area contributed by atoms with Gasteiger partial charge in [0.2, 0.25) is 10.0 Å². The molecule has 5 nitrogen and oxygen atoms in total. The van der Waals surface area contributed by atoms with Gasteiger partial charge in [-0.25, -0.2) is 13.1 Å². The van der Waals surface area contributed by atoms with Crippen LogP contribution in [0.5, 0.6) is 0 Å². The fourth-order valence-corrected chi connectivity index (χ4v) is 2.91. The second kappa shape index (κ2) is 7.95. The van der Waals surface area contributed by atoms with E-state index in [-0.39, 0.29) is 23.4 Å². The minimum atomic E-state index is -3.62. The summed E-state index contributed by atoms with van der Waals surface area (Å²) in [5.74, 6) is -0.267. The highest BCUT2D eigenvalue weighted by molar-refractivity contribution is 7.89. The molecule has 1 rings (SSSR count). The van der Waals surface area contributed by atoms with Crippen LogP contribution >= 0.6 is 0 Å². The van der Waals surface area contributed by atoms with Crippen LogP contribution in [0.25, 0.3) is 0 Å². The zero-order valence-corrected chi connectivity index (χ0v) is 13.2. The fourth-order valence-electron chi connectivity index (χ4n) is 1.87. The maximum absolute atomic E-state index is 12.1. The molecular formula is C15H22N2O3S. The molecule has 2 N–H and O–H groups in total. The van der Waals surface area contributed by atoms with Gasteiger partial charge >= 0.3 is 0 Å². The van der Waals surface area contributed by atoms with Crippen molar-refractivity contribution < 1.29 is 13.2 Å². The van der Waals surface area contributed by atoms with Crippen molar-refractivity contribution >= 4 is 15.9 Å². The zero-order valence-electron chi connectivity index (χ0n) is 12.4. The van der Waals surface area contributed by atoms with Gasteiger partial charge < -0.3 is 5.32 Å². The van der Waals surface area contributed by atoms with Crippen molar-refractivity contribution in [2.24, 2.45) is 0 Å². The molecular weight excluding hydrogens is 288 g/mol. The molecule has 0 saturated carbocycles. The Balaban J connectivity index is 2.90. The van der Waals surface area contributed by atoms with Crippen molar-refractivity contribution in [3.05, 3.63) is 42.5 Å². The number of rotatable bonds is 8. The fraction of sp³-hybridized carbons (Fsp3) is 0.400. The first-order chi connectivity index (χ1) is 9.90. The van der Waals surface area contributed by atoms with E-state index in [1.54, 1.807) is 12.1 Å². The molecule has 0 radical (unpaired) electrons. The molecule has 116 valence electrons. The monoisotopic (exact) mass is 310 g/mol. The molecule has 1 atom stereocenters. The van der Waals surface area contributed by atoms with Crippen LogP contribution in [-0.2, 0) is 10.0 Å². The van der Waals surface area contributed by atoms with Gasteiger partial charge in [0, 0.05) is 18.2 Å². The van der Waals surface area contributed by atoms with Crippen LogP contribution in [0.4, 0.5) is 0 Å². The normalized spacial score (nSPS) is 12.7. The van der Waals surface area contributed by atoms with Gasteiger partial charge in [-0.05, 0) is 31.5 Å². The van der Waals surface area contributed by atoms with Gasteiger partial charge in [-0.1, -0.05) is 25.5 Å². The Hall–Kier alpha value is -1.66. The van der Waals surface area contributed by atoms with Gasteiger partial charge in [0.25, 0.3) is 5.91 Å². The van der Waals surface area contributed by atoms with Crippen LogP contribution < -0.4 is 10.0 Å². The van der Waals surface area contributed by atoms with E-state index in [0.717, 1.165) is 12.8 Å². The molecule has 1 aromatic carbocycles. The van der Waals surface area contributed by atoms with E-state index in [1.807, 2.05) is 13.8 Å².